The first-order valence-electron chi connectivity index (χ1n) is 13.6. The van der Waals surface area contributed by atoms with Gasteiger partial charge in [-0.1, -0.05) is 24.3 Å². The zero-order valence-corrected chi connectivity index (χ0v) is 27.7. The van der Waals surface area contributed by atoms with Crippen molar-refractivity contribution in [1.29, 1.82) is 0 Å². The van der Waals surface area contributed by atoms with Crippen LogP contribution in [-0.2, 0) is 32.3 Å². The van der Waals surface area contributed by atoms with Gasteiger partial charge < -0.3 is 31.3 Å². The summed E-state index contributed by atoms with van der Waals surface area (Å²) in [4.78, 5) is 60.4. The number of benzene rings is 2. The lowest BCUT2D eigenvalue weighted by molar-refractivity contribution is -0.140. The topological polar surface area (TPSA) is 185 Å². The molecule has 2 aromatic rings. The summed E-state index contributed by atoms with van der Waals surface area (Å²) in [6.45, 7) is 2.27. The van der Waals surface area contributed by atoms with Crippen LogP contribution in [0.15, 0.2) is 48.5 Å². The Bertz CT molecular complexity index is 1180. The van der Waals surface area contributed by atoms with Gasteiger partial charge in [0.15, 0.2) is 0 Å². The molecule has 2 aromatic carbocycles. The van der Waals surface area contributed by atoms with E-state index in [1.165, 1.54) is 0 Å². The Balaban J connectivity index is 1.78. The highest BCUT2D eigenvalue weighted by molar-refractivity contribution is 14.1. The van der Waals surface area contributed by atoms with E-state index in [1.54, 1.807) is 0 Å². The summed E-state index contributed by atoms with van der Waals surface area (Å²) in [5.74, 6) is -4.06. The number of unbranched alkanes of at least 4 members (excludes halogenated alkanes) is 1. The van der Waals surface area contributed by atoms with E-state index < -0.39 is 42.4 Å². The van der Waals surface area contributed by atoms with Crippen LogP contribution in [0.4, 0.5) is 4.79 Å². The SMILES string of the molecule is O=C(O)CC[C@H](NC(=O)N[C@@H](CCCCNC(=O)CCN(Cc1ccc(I)cc1)Cc1ccc(I)cc1)C(=O)O)C(=O)O. The van der Waals surface area contributed by atoms with Crippen molar-refractivity contribution < 1.29 is 39.3 Å². The van der Waals surface area contributed by atoms with Gasteiger partial charge in [0.1, 0.15) is 12.1 Å². The van der Waals surface area contributed by atoms with Crippen LogP contribution >= 0.6 is 45.2 Å². The number of nitrogens with one attached hydrogen (secondary N) is 3. The number of urea groups is 1. The summed E-state index contributed by atoms with van der Waals surface area (Å²) < 4.78 is 2.30. The van der Waals surface area contributed by atoms with Gasteiger partial charge in [0.2, 0.25) is 5.91 Å². The number of aliphatic carboxylic acids is 3. The predicted molar refractivity (Wildman–Crippen MR) is 175 cm³/mol. The van der Waals surface area contributed by atoms with Crippen LogP contribution < -0.4 is 16.0 Å². The number of nitrogens with zero attached hydrogens (tertiary/aromatic N) is 1. The molecule has 6 N–H and O–H groups in total. The predicted octanol–water partition coefficient (Wildman–Crippen LogP) is 3.65. The molecule has 43 heavy (non-hydrogen) atoms. The molecule has 3 amide bonds. The van der Waals surface area contributed by atoms with Crippen molar-refractivity contribution in [2.75, 3.05) is 13.1 Å². The summed E-state index contributed by atoms with van der Waals surface area (Å²) in [5.41, 5.74) is 2.31. The minimum absolute atomic E-state index is 0.0608. The summed E-state index contributed by atoms with van der Waals surface area (Å²) in [6.07, 6.45) is 0.397. The Hall–Kier alpha value is -2.99. The first kappa shape index (κ1) is 36.2. The minimum atomic E-state index is -1.47. The zero-order chi connectivity index (χ0) is 31.8. The monoisotopic (exact) mass is 822 g/mol. The molecule has 0 aromatic heterocycles. The largest absolute Gasteiger partial charge is 0.481 e. The third-order valence-corrected chi connectivity index (χ3v) is 7.83. The standard InChI is InChI=1S/C29H36I2N4O8/c30-21-8-4-19(5-9-21)17-35(18-20-6-10-22(31)11-7-20)16-14-25(36)32-15-2-1-3-23(27(39)40)33-29(43)34-24(28(41)42)12-13-26(37)38/h4-11,23-24H,1-3,12-18H2,(H,32,36)(H,37,38)(H,39,40)(H,41,42)(H2,33,34,43)/t23-,24-/m0/s1. The second kappa shape index (κ2) is 19.3. The second-order valence-electron chi connectivity index (χ2n) is 9.89. The van der Waals surface area contributed by atoms with Crippen molar-refractivity contribution in [2.45, 2.75) is 63.7 Å². The molecule has 2 rings (SSSR count). The molecule has 14 heteroatoms. The third kappa shape index (κ3) is 15.3. The average Bonchev–Trinajstić information content (AvgIpc) is 2.95. The Morgan fingerprint density at radius 3 is 1.65 bits per heavy atom. The van der Waals surface area contributed by atoms with Crippen LogP contribution in [-0.4, -0.2) is 75.2 Å². The Kier molecular flexibility index (Phi) is 16.3. The van der Waals surface area contributed by atoms with Crippen LogP contribution in [0.25, 0.3) is 0 Å². The molecule has 0 aliphatic carbocycles. The van der Waals surface area contributed by atoms with E-state index in [4.69, 9.17) is 10.2 Å². The molecule has 2 atom stereocenters. The molecule has 0 spiro atoms. The highest BCUT2D eigenvalue weighted by atomic mass is 127. The van der Waals surface area contributed by atoms with Gasteiger partial charge >= 0.3 is 23.9 Å². The second-order valence-corrected chi connectivity index (χ2v) is 12.4. The Labute approximate surface area is 277 Å². The smallest absolute Gasteiger partial charge is 0.326 e. The number of hydrogen-bond donors (Lipinski definition) is 6. The molecule has 0 saturated carbocycles. The lowest BCUT2D eigenvalue weighted by Gasteiger charge is -2.22. The molecular weight excluding hydrogens is 786 g/mol. The van der Waals surface area contributed by atoms with E-state index in [-0.39, 0.29) is 18.7 Å². The maximum absolute atomic E-state index is 12.6. The minimum Gasteiger partial charge on any atom is -0.481 e. The maximum Gasteiger partial charge on any atom is 0.326 e. The normalized spacial score (nSPS) is 12.3. The molecule has 0 aliphatic rings. The Morgan fingerprint density at radius 1 is 0.698 bits per heavy atom. The quantitative estimate of drug-likeness (QED) is 0.0910. The molecule has 234 valence electrons. The third-order valence-electron chi connectivity index (χ3n) is 6.39. The lowest BCUT2D eigenvalue weighted by atomic mass is 10.1. The summed E-state index contributed by atoms with van der Waals surface area (Å²) in [5, 5.41) is 34.5. The number of hydrogen-bond acceptors (Lipinski definition) is 6. The number of carboxylic acids is 3. The first-order valence-corrected chi connectivity index (χ1v) is 15.8. The molecular formula is C29H36I2N4O8. The van der Waals surface area contributed by atoms with Crippen LogP contribution in [0.5, 0.6) is 0 Å². The molecule has 0 heterocycles. The van der Waals surface area contributed by atoms with Crippen LogP contribution in [0.3, 0.4) is 0 Å². The fraction of sp³-hybridized carbons (Fsp3) is 0.414. The maximum atomic E-state index is 12.6. The van der Waals surface area contributed by atoms with E-state index in [9.17, 15) is 29.1 Å². The molecule has 0 radical (unpaired) electrons. The van der Waals surface area contributed by atoms with Crippen molar-refractivity contribution in [3.63, 3.8) is 0 Å². The van der Waals surface area contributed by atoms with Gasteiger partial charge in [-0.25, -0.2) is 14.4 Å². The van der Waals surface area contributed by atoms with E-state index >= 15 is 0 Å². The lowest BCUT2D eigenvalue weighted by Crippen LogP contribution is -2.51. The molecule has 0 saturated heterocycles. The highest BCUT2D eigenvalue weighted by Gasteiger charge is 2.24. The van der Waals surface area contributed by atoms with E-state index in [0.29, 0.717) is 45.4 Å². The number of carboxylic acid groups (broad SMARTS) is 3. The summed E-state index contributed by atoms with van der Waals surface area (Å²) in [6, 6.07) is 12.8. The molecule has 12 nitrogen and oxygen atoms in total. The summed E-state index contributed by atoms with van der Waals surface area (Å²) >= 11 is 4.53. The van der Waals surface area contributed by atoms with Crippen molar-refractivity contribution in [3.05, 3.63) is 66.8 Å². The van der Waals surface area contributed by atoms with Crippen molar-refractivity contribution >= 4 is 75.0 Å². The van der Waals surface area contributed by atoms with Gasteiger partial charge in [-0.15, -0.1) is 0 Å². The van der Waals surface area contributed by atoms with Gasteiger partial charge in [0.25, 0.3) is 0 Å². The van der Waals surface area contributed by atoms with Crippen LogP contribution in [0, 0.1) is 7.14 Å². The number of carbonyl (C=O) groups is 5. The fourth-order valence-electron chi connectivity index (χ4n) is 4.10. The van der Waals surface area contributed by atoms with Gasteiger partial charge in [0, 0.05) is 46.2 Å². The summed E-state index contributed by atoms with van der Waals surface area (Å²) in [7, 11) is 0. The molecule has 0 aliphatic heterocycles. The van der Waals surface area contributed by atoms with Crippen molar-refractivity contribution in [3.8, 4) is 0 Å². The number of halogens is 2. The van der Waals surface area contributed by atoms with E-state index in [2.05, 4.69) is 115 Å². The van der Waals surface area contributed by atoms with Gasteiger partial charge in [-0.05, 0) is 106 Å². The van der Waals surface area contributed by atoms with E-state index in [1.807, 2.05) is 0 Å². The van der Waals surface area contributed by atoms with Gasteiger partial charge in [-0.3, -0.25) is 14.5 Å². The van der Waals surface area contributed by atoms with Crippen molar-refractivity contribution in [2.24, 2.45) is 0 Å². The van der Waals surface area contributed by atoms with Crippen LogP contribution in [0.2, 0.25) is 0 Å². The van der Waals surface area contributed by atoms with Crippen molar-refractivity contribution in [1.82, 2.24) is 20.9 Å². The molecule has 0 bridgehead atoms. The Morgan fingerprint density at radius 2 is 1.19 bits per heavy atom. The number of carbonyl (C=O) groups excluding carboxylic acids is 2. The first-order chi connectivity index (χ1) is 20.4. The van der Waals surface area contributed by atoms with Gasteiger partial charge in [-0.2, -0.15) is 0 Å². The zero-order valence-electron chi connectivity index (χ0n) is 23.4. The fourth-order valence-corrected chi connectivity index (χ4v) is 4.82. The molecule has 0 fully saturated rings. The molecule has 0 unspecified atom stereocenters. The van der Waals surface area contributed by atoms with E-state index in [0.717, 1.165) is 18.3 Å². The number of rotatable bonds is 19. The van der Waals surface area contributed by atoms with Crippen LogP contribution in [0.1, 0.15) is 49.7 Å². The highest BCUT2D eigenvalue weighted by Crippen LogP contribution is 2.14. The average molecular weight is 822 g/mol. The van der Waals surface area contributed by atoms with Gasteiger partial charge in [0.05, 0.1) is 0 Å². The number of amides is 3.